The minimum atomic E-state index is -1.82. The van der Waals surface area contributed by atoms with Gasteiger partial charge in [0.1, 0.15) is 11.9 Å². The van der Waals surface area contributed by atoms with E-state index in [0.717, 1.165) is 6.92 Å². The summed E-state index contributed by atoms with van der Waals surface area (Å²) in [7, 11) is 0. The minimum absolute atomic E-state index is 0.721. The summed E-state index contributed by atoms with van der Waals surface area (Å²) in [5.74, 6) is -3.29. The molecule has 0 radical (unpaired) electrons. The largest absolute Gasteiger partial charge is 0.865 e. The summed E-state index contributed by atoms with van der Waals surface area (Å²) in [6, 6.07) is 0. The van der Waals surface area contributed by atoms with Gasteiger partial charge < -0.3 is 25.2 Å². The number of hydrogen-bond acceptors (Lipinski definition) is 6. The van der Waals surface area contributed by atoms with Gasteiger partial charge in [0.15, 0.2) is 5.60 Å². The van der Waals surface area contributed by atoms with Gasteiger partial charge in [-0.3, -0.25) is 0 Å². The number of rotatable bonds is 2. The Labute approximate surface area is 73.7 Å². The summed E-state index contributed by atoms with van der Waals surface area (Å²) in [6.07, 6.45) is -1.51. The molecule has 0 spiro atoms. The standard InChI is InChI=1S/C7H10O6/c1-7(3(9)2-8)5(11)4(10)6(12)13-7/h3,8-11H,2H2,1H3/p-1/t3-,7+/m0/s1. The van der Waals surface area contributed by atoms with Gasteiger partial charge in [0.2, 0.25) is 0 Å². The van der Waals surface area contributed by atoms with E-state index in [9.17, 15) is 9.90 Å². The fraction of sp³-hybridized carbons (Fsp3) is 0.571. The van der Waals surface area contributed by atoms with Crippen molar-refractivity contribution >= 4 is 5.97 Å². The fourth-order valence-corrected chi connectivity index (χ4v) is 1.01. The van der Waals surface area contributed by atoms with Crippen LogP contribution in [0.3, 0.4) is 0 Å². The Balaban J connectivity index is 3.03. The van der Waals surface area contributed by atoms with Crippen molar-refractivity contribution in [3.63, 3.8) is 0 Å². The summed E-state index contributed by atoms with van der Waals surface area (Å²) in [4.78, 5) is 10.7. The lowest BCUT2D eigenvalue weighted by atomic mass is 9.98. The molecule has 6 nitrogen and oxygen atoms in total. The lowest BCUT2D eigenvalue weighted by Gasteiger charge is -2.27. The van der Waals surface area contributed by atoms with Crippen molar-refractivity contribution in [1.82, 2.24) is 0 Å². The Kier molecular flexibility index (Phi) is 2.19. The van der Waals surface area contributed by atoms with Gasteiger partial charge in [0, 0.05) is 5.76 Å². The Hall–Kier alpha value is -1.27. The van der Waals surface area contributed by atoms with E-state index in [1.165, 1.54) is 0 Å². The van der Waals surface area contributed by atoms with E-state index in [4.69, 9.17) is 15.3 Å². The molecule has 0 aliphatic carbocycles. The van der Waals surface area contributed by atoms with Crippen molar-refractivity contribution in [2.75, 3.05) is 6.61 Å². The topological polar surface area (TPSA) is 110 Å². The third-order valence-electron chi connectivity index (χ3n) is 1.98. The maximum absolute atomic E-state index is 10.8. The normalized spacial score (nSPS) is 30.5. The third-order valence-corrected chi connectivity index (χ3v) is 1.98. The molecule has 0 saturated carbocycles. The number of esters is 1. The van der Waals surface area contributed by atoms with Crippen LogP contribution in [0.1, 0.15) is 6.92 Å². The monoisotopic (exact) mass is 189 g/mol. The Morgan fingerprint density at radius 2 is 2.23 bits per heavy atom. The first kappa shape index (κ1) is 9.82. The van der Waals surface area contributed by atoms with Crippen molar-refractivity contribution in [3.05, 3.63) is 11.5 Å². The number of carbonyl (C=O) groups is 1. The molecular formula is C7H9O6-. The van der Waals surface area contributed by atoms with E-state index < -0.39 is 35.8 Å². The number of hydrogen-bond donors (Lipinski definition) is 3. The minimum Gasteiger partial charge on any atom is -0.865 e. The molecule has 74 valence electrons. The van der Waals surface area contributed by atoms with Crippen LogP contribution in [-0.2, 0) is 9.53 Å². The van der Waals surface area contributed by atoms with Gasteiger partial charge >= 0.3 is 5.97 Å². The van der Waals surface area contributed by atoms with Crippen molar-refractivity contribution in [1.29, 1.82) is 0 Å². The molecule has 0 bridgehead atoms. The maximum Gasteiger partial charge on any atom is 0.327 e. The van der Waals surface area contributed by atoms with Crippen LogP contribution in [0.25, 0.3) is 0 Å². The molecule has 1 heterocycles. The second-order valence-electron chi connectivity index (χ2n) is 2.87. The van der Waals surface area contributed by atoms with Gasteiger partial charge in [-0.1, -0.05) is 0 Å². The summed E-state index contributed by atoms with van der Waals surface area (Å²) in [6.45, 7) is 0.424. The van der Waals surface area contributed by atoms with Crippen LogP contribution in [0, 0.1) is 0 Å². The molecule has 2 atom stereocenters. The molecule has 0 fully saturated rings. The first-order valence-corrected chi connectivity index (χ1v) is 3.56. The smallest absolute Gasteiger partial charge is 0.327 e. The highest BCUT2D eigenvalue weighted by atomic mass is 16.6. The zero-order valence-electron chi connectivity index (χ0n) is 6.85. The highest BCUT2D eigenvalue weighted by Crippen LogP contribution is 2.31. The third kappa shape index (κ3) is 1.24. The van der Waals surface area contributed by atoms with Crippen molar-refractivity contribution in [3.8, 4) is 0 Å². The molecule has 6 heteroatoms. The molecule has 1 aliphatic rings. The SMILES string of the molecule is C[C@]1([C@@H](O)CO)OC(=O)C([O-])=C1O. The van der Waals surface area contributed by atoms with Crippen LogP contribution >= 0.6 is 0 Å². The van der Waals surface area contributed by atoms with Gasteiger partial charge in [0.25, 0.3) is 0 Å². The molecule has 13 heavy (non-hydrogen) atoms. The van der Waals surface area contributed by atoms with Gasteiger partial charge in [0.05, 0.1) is 6.61 Å². The number of carbonyl (C=O) groups excluding carboxylic acids is 1. The highest BCUT2D eigenvalue weighted by molar-refractivity contribution is 5.89. The van der Waals surface area contributed by atoms with Gasteiger partial charge in [-0.15, -0.1) is 0 Å². The van der Waals surface area contributed by atoms with Crippen molar-refractivity contribution in [2.24, 2.45) is 0 Å². The van der Waals surface area contributed by atoms with E-state index in [-0.39, 0.29) is 0 Å². The van der Waals surface area contributed by atoms with E-state index >= 15 is 0 Å². The summed E-state index contributed by atoms with van der Waals surface area (Å²) < 4.78 is 4.44. The number of aliphatic hydroxyl groups is 3. The first-order chi connectivity index (χ1) is 5.93. The molecule has 0 saturated heterocycles. The second-order valence-corrected chi connectivity index (χ2v) is 2.87. The Bertz CT molecular complexity index is 270. The molecule has 0 amide bonds. The highest BCUT2D eigenvalue weighted by Gasteiger charge is 2.46. The van der Waals surface area contributed by atoms with E-state index in [0.29, 0.717) is 0 Å². The van der Waals surface area contributed by atoms with Crippen LogP contribution < -0.4 is 5.11 Å². The van der Waals surface area contributed by atoms with E-state index in [2.05, 4.69) is 4.74 Å². The van der Waals surface area contributed by atoms with Gasteiger partial charge in [-0.25, -0.2) is 4.79 Å². The summed E-state index contributed by atoms with van der Waals surface area (Å²) >= 11 is 0. The lowest BCUT2D eigenvalue weighted by Crippen LogP contribution is -2.44. The molecular weight excluding hydrogens is 180 g/mol. The van der Waals surface area contributed by atoms with E-state index in [1.54, 1.807) is 0 Å². The molecule has 1 rings (SSSR count). The zero-order chi connectivity index (χ0) is 10.2. The van der Waals surface area contributed by atoms with Gasteiger partial charge in [-0.05, 0) is 6.92 Å². The molecule has 0 aromatic rings. The fourth-order valence-electron chi connectivity index (χ4n) is 1.01. The Morgan fingerprint density at radius 3 is 2.54 bits per heavy atom. The number of aliphatic hydroxyl groups excluding tert-OH is 3. The first-order valence-electron chi connectivity index (χ1n) is 3.56. The quantitative estimate of drug-likeness (QED) is 0.424. The second kappa shape index (κ2) is 2.90. The van der Waals surface area contributed by atoms with Crippen molar-refractivity contribution < 1.29 is 30.0 Å². The lowest BCUT2D eigenvalue weighted by molar-refractivity contribution is -0.303. The summed E-state index contributed by atoms with van der Waals surface area (Å²) in [5.41, 5.74) is -1.82. The van der Waals surface area contributed by atoms with Crippen LogP contribution in [0.2, 0.25) is 0 Å². The molecule has 0 unspecified atom stereocenters. The molecule has 3 N–H and O–H groups in total. The predicted molar refractivity (Wildman–Crippen MR) is 37.2 cm³/mol. The Morgan fingerprint density at radius 1 is 1.69 bits per heavy atom. The van der Waals surface area contributed by atoms with Crippen LogP contribution in [-0.4, -0.2) is 39.6 Å². The molecule has 0 aromatic heterocycles. The maximum atomic E-state index is 10.8. The zero-order valence-corrected chi connectivity index (χ0v) is 6.85. The van der Waals surface area contributed by atoms with Gasteiger partial charge in [-0.2, -0.15) is 0 Å². The molecule has 0 aromatic carbocycles. The number of cyclic esters (lactones) is 1. The average molecular weight is 189 g/mol. The molecule has 1 aliphatic heterocycles. The van der Waals surface area contributed by atoms with Crippen LogP contribution in [0.5, 0.6) is 0 Å². The average Bonchev–Trinajstić information content (AvgIpc) is 2.30. The van der Waals surface area contributed by atoms with E-state index in [1.807, 2.05) is 0 Å². The number of ether oxygens (including phenoxy) is 1. The van der Waals surface area contributed by atoms with Crippen LogP contribution in [0.4, 0.5) is 0 Å². The predicted octanol–water partition coefficient (Wildman–Crippen LogP) is -2.21. The van der Waals surface area contributed by atoms with Crippen molar-refractivity contribution in [2.45, 2.75) is 18.6 Å². The van der Waals surface area contributed by atoms with Crippen LogP contribution in [0.15, 0.2) is 11.5 Å². The summed E-state index contributed by atoms with van der Waals surface area (Å²) in [5, 5.41) is 37.7.